The Morgan fingerprint density at radius 1 is 1.50 bits per heavy atom. The van der Waals surface area contributed by atoms with Crippen molar-refractivity contribution in [1.29, 1.82) is 0 Å². The summed E-state index contributed by atoms with van der Waals surface area (Å²) >= 11 is 0. The molecule has 0 nitrogen and oxygen atoms in total. The van der Waals surface area contributed by atoms with E-state index in [0.29, 0.717) is 7.56 Å². The average Bonchev–Trinajstić information content (AvgIpc) is 1.81. The largest absolute Gasteiger partial charge is 0.367 e. The molecule has 0 aliphatic heterocycles. The second kappa shape index (κ2) is 6.11. The van der Waals surface area contributed by atoms with Crippen LogP contribution in [0.1, 0.15) is 6.92 Å². The van der Waals surface area contributed by atoms with Crippen LogP contribution in [0.5, 0.6) is 0 Å². The Balaban J connectivity index is 3.31. The molecule has 0 aliphatic rings. The van der Waals surface area contributed by atoms with Gasteiger partial charge in [0, 0.05) is 6.32 Å². The number of halogens is 1. The first-order chi connectivity index (χ1) is 3.91. The maximum atomic E-state index is 11.1. The van der Waals surface area contributed by atoms with E-state index in [9.17, 15) is 4.32 Å². The molecule has 0 heterocycles. The van der Waals surface area contributed by atoms with E-state index >= 15 is 0 Å². The smallest absolute Gasteiger partial charge is 0.342 e. The molecule has 0 aliphatic carbocycles. The van der Waals surface area contributed by atoms with Crippen molar-refractivity contribution in [3.05, 3.63) is 0 Å². The second-order valence-corrected chi connectivity index (χ2v) is 1.04. The Morgan fingerprint density at radius 2 is 2.25 bits per heavy atom. The first-order valence-corrected chi connectivity index (χ1v) is 2.23. The molecular formula is C6H5BF. The fourth-order valence-corrected chi connectivity index (χ4v) is 0.196. The topological polar surface area (TPSA) is 0 Å². The number of rotatable bonds is 1. The second-order valence-electron chi connectivity index (χ2n) is 1.04. The van der Waals surface area contributed by atoms with Crippen LogP contribution >= 0.6 is 0 Å². The van der Waals surface area contributed by atoms with Crippen molar-refractivity contribution in [3.63, 3.8) is 0 Å². The zero-order valence-electron chi connectivity index (χ0n) is 4.66. The van der Waals surface area contributed by atoms with Crippen molar-refractivity contribution >= 4 is 7.56 Å². The lowest BCUT2D eigenvalue weighted by atomic mass is 10.0. The van der Waals surface area contributed by atoms with Crippen LogP contribution in [0.3, 0.4) is 0 Å². The summed E-state index contributed by atoms with van der Waals surface area (Å²) in [5.41, 5.74) is 0. The molecule has 0 N–H and O–H groups in total. The summed E-state index contributed by atoms with van der Waals surface area (Å²) in [6.07, 6.45) is 0.175. The van der Waals surface area contributed by atoms with Crippen molar-refractivity contribution in [1.82, 2.24) is 0 Å². The molecule has 0 aromatic carbocycles. The lowest BCUT2D eigenvalue weighted by molar-refractivity contribution is 0.871. The summed E-state index contributed by atoms with van der Waals surface area (Å²) in [4.78, 5) is 0. The first kappa shape index (κ1) is 7.11. The summed E-state index contributed by atoms with van der Waals surface area (Å²) in [7, 11) is 0.504. The van der Waals surface area contributed by atoms with Crippen LogP contribution in [-0.4, -0.2) is 7.56 Å². The van der Waals surface area contributed by atoms with Gasteiger partial charge < -0.3 is 4.32 Å². The van der Waals surface area contributed by atoms with Crippen molar-refractivity contribution in [3.8, 4) is 23.7 Å². The molecule has 8 heavy (non-hydrogen) atoms. The minimum absolute atomic E-state index is 0.175. The molecule has 0 saturated carbocycles. The van der Waals surface area contributed by atoms with E-state index in [1.807, 2.05) is 0 Å². The highest BCUT2D eigenvalue weighted by atomic mass is 19.1. The third-order valence-corrected chi connectivity index (χ3v) is 0.455. The maximum absolute atomic E-state index is 11.1. The molecule has 0 saturated heterocycles. The van der Waals surface area contributed by atoms with Gasteiger partial charge in [0.05, 0.1) is 0 Å². The minimum Gasteiger partial charge on any atom is -0.342 e. The Labute approximate surface area is 49.8 Å². The fourth-order valence-electron chi connectivity index (χ4n) is 0.196. The molecule has 0 spiro atoms. The van der Waals surface area contributed by atoms with Crippen molar-refractivity contribution in [2.45, 2.75) is 13.2 Å². The van der Waals surface area contributed by atoms with Crippen LogP contribution in [0.25, 0.3) is 0 Å². The molecule has 2 heteroatoms. The van der Waals surface area contributed by atoms with Crippen LogP contribution in [0.15, 0.2) is 0 Å². The van der Waals surface area contributed by atoms with Crippen molar-refractivity contribution in [2.24, 2.45) is 0 Å². The van der Waals surface area contributed by atoms with Gasteiger partial charge in [0.1, 0.15) is 0 Å². The highest BCUT2D eigenvalue weighted by Gasteiger charge is 1.76. The van der Waals surface area contributed by atoms with Crippen molar-refractivity contribution in [2.75, 3.05) is 0 Å². The average molecular weight is 107 g/mol. The Kier molecular flexibility index (Phi) is 5.44. The standard InChI is InChI=1S/C6H5BF/c1-2-3-4-5-6-7-8/h6H2,1H3. The Bertz CT molecular complexity index is 153. The minimum atomic E-state index is 0.175. The maximum Gasteiger partial charge on any atom is 0.367 e. The Morgan fingerprint density at radius 3 is 2.75 bits per heavy atom. The van der Waals surface area contributed by atoms with E-state index in [1.165, 1.54) is 0 Å². The van der Waals surface area contributed by atoms with Gasteiger partial charge in [-0.05, 0) is 18.8 Å². The molecule has 0 rings (SSSR count). The van der Waals surface area contributed by atoms with E-state index in [2.05, 4.69) is 23.7 Å². The molecule has 0 bridgehead atoms. The van der Waals surface area contributed by atoms with E-state index < -0.39 is 0 Å². The quantitative estimate of drug-likeness (QED) is 0.346. The van der Waals surface area contributed by atoms with E-state index in [0.717, 1.165) is 0 Å². The highest BCUT2D eigenvalue weighted by Crippen LogP contribution is 1.71. The summed E-state index contributed by atoms with van der Waals surface area (Å²) in [6.45, 7) is 1.69. The molecule has 0 unspecified atom stereocenters. The molecule has 0 aromatic rings. The molecule has 0 atom stereocenters. The first-order valence-electron chi connectivity index (χ1n) is 2.23. The molecule has 0 fully saturated rings. The molecular weight excluding hydrogens is 102 g/mol. The monoisotopic (exact) mass is 107 g/mol. The van der Waals surface area contributed by atoms with Crippen molar-refractivity contribution < 1.29 is 4.32 Å². The Hall–Kier alpha value is -0.885. The van der Waals surface area contributed by atoms with Gasteiger partial charge in [-0.2, -0.15) is 0 Å². The molecule has 0 amide bonds. The third-order valence-electron chi connectivity index (χ3n) is 0.455. The summed E-state index contributed by atoms with van der Waals surface area (Å²) < 4.78 is 11.1. The predicted octanol–water partition coefficient (Wildman–Crippen LogP) is 1.02. The van der Waals surface area contributed by atoms with Gasteiger partial charge in [0.25, 0.3) is 0 Å². The molecule has 1 radical (unpaired) electrons. The van der Waals surface area contributed by atoms with E-state index in [1.54, 1.807) is 6.92 Å². The van der Waals surface area contributed by atoms with Gasteiger partial charge in [-0.15, -0.1) is 0 Å². The summed E-state index contributed by atoms with van der Waals surface area (Å²) in [6, 6.07) is 0. The van der Waals surface area contributed by atoms with Gasteiger partial charge in [-0.3, -0.25) is 0 Å². The lowest BCUT2D eigenvalue weighted by Crippen LogP contribution is -1.70. The summed E-state index contributed by atoms with van der Waals surface area (Å²) in [5.74, 6) is 9.99. The van der Waals surface area contributed by atoms with E-state index in [4.69, 9.17) is 0 Å². The van der Waals surface area contributed by atoms with Crippen LogP contribution in [-0.2, 0) is 0 Å². The zero-order chi connectivity index (χ0) is 6.24. The van der Waals surface area contributed by atoms with Crippen LogP contribution in [0, 0.1) is 23.7 Å². The third kappa shape index (κ3) is 5.11. The van der Waals surface area contributed by atoms with Crippen LogP contribution in [0.2, 0.25) is 6.32 Å². The number of hydrogen-bond donors (Lipinski definition) is 0. The van der Waals surface area contributed by atoms with Gasteiger partial charge in [-0.25, -0.2) is 0 Å². The zero-order valence-corrected chi connectivity index (χ0v) is 4.66. The van der Waals surface area contributed by atoms with Gasteiger partial charge in [-0.1, -0.05) is 11.8 Å². The molecule has 39 valence electrons. The van der Waals surface area contributed by atoms with E-state index in [-0.39, 0.29) is 6.32 Å². The van der Waals surface area contributed by atoms with Crippen LogP contribution < -0.4 is 0 Å². The highest BCUT2D eigenvalue weighted by molar-refractivity contribution is 6.27. The molecule has 0 aromatic heterocycles. The normalized spacial score (nSPS) is 5.25. The fraction of sp³-hybridized carbons (Fsp3) is 0.333. The SMILES string of the molecule is CC#CC#CC[B]F. The summed E-state index contributed by atoms with van der Waals surface area (Å²) in [5, 5.41) is 0. The van der Waals surface area contributed by atoms with Gasteiger partial charge in [0.15, 0.2) is 0 Å². The van der Waals surface area contributed by atoms with Crippen LogP contribution in [0.4, 0.5) is 4.32 Å². The lowest BCUT2D eigenvalue weighted by Gasteiger charge is -1.65. The van der Waals surface area contributed by atoms with Gasteiger partial charge >= 0.3 is 7.56 Å². The predicted molar refractivity (Wildman–Crippen MR) is 32.9 cm³/mol. The number of hydrogen-bond acceptors (Lipinski definition) is 0. The van der Waals surface area contributed by atoms with Gasteiger partial charge in [0.2, 0.25) is 0 Å².